The van der Waals surface area contributed by atoms with Crippen LogP contribution in [0.5, 0.6) is 0 Å². The highest BCUT2D eigenvalue weighted by Crippen LogP contribution is 2.45. The largest absolute Gasteiger partial charge is 0.369 e. The molecule has 0 unspecified atom stereocenters. The molecule has 1 fully saturated rings. The average molecular weight is 417 g/mol. The maximum absolute atomic E-state index is 13.1. The summed E-state index contributed by atoms with van der Waals surface area (Å²) < 4.78 is 42.5. The molecule has 0 amide bonds. The molecular weight excluding hydrogens is 391 g/mol. The van der Waals surface area contributed by atoms with E-state index in [0.29, 0.717) is 19.6 Å². The first-order valence-corrected chi connectivity index (χ1v) is 11.6. The van der Waals surface area contributed by atoms with E-state index in [1.807, 2.05) is 30.3 Å². The van der Waals surface area contributed by atoms with E-state index in [4.69, 9.17) is 0 Å². The van der Waals surface area contributed by atoms with Crippen molar-refractivity contribution in [3.63, 3.8) is 0 Å². The summed E-state index contributed by atoms with van der Waals surface area (Å²) in [6.45, 7) is 5.17. The van der Waals surface area contributed by atoms with Crippen molar-refractivity contribution in [2.24, 2.45) is 0 Å². The summed E-state index contributed by atoms with van der Waals surface area (Å²) in [5.74, 6) is -0.222. The summed E-state index contributed by atoms with van der Waals surface area (Å²) in [7, 11) is -3.47. The minimum Gasteiger partial charge on any atom is -0.369 e. The number of halogens is 1. The molecule has 3 aliphatic heterocycles. The Morgan fingerprint density at radius 3 is 2.41 bits per heavy atom. The quantitative estimate of drug-likeness (QED) is 0.768. The van der Waals surface area contributed by atoms with Crippen LogP contribution in [-0.4, -0.2) is 59.1 Å². The third-order valence-electron chi connectivity index (χ3n) is 6.16. The first-order chi connectivity index (χ1) is 14.0. The Bertz CT molecular complexity index is 1000. The highest BCUT2D eigenvalue weighted by Gasteiger charge is 2.42. The lowest BCUT2D eigenvalue weighted by Gasteiger charge is -2.36. The van der Waals surface area contributed by atoms with Gasteiger partial charge in [-0.1, -0.05) is 12.1 Å². The third-order valence-corrected chi connectivity index (χ3v) is 8.02. The monoisotopic (exact) mass is 416 g/mol. The molecule has 0 radical (unpaired) electrons. The molecule has 0 aromatic heterocycles. The van der Waals surface area contributed by atoms with E-state index in [-0.39, 0.29) is 5.82 Å². The van der Waals surface area contributed by atoms with E-state index >= 15 is 0 Å². The molecule has 0 N–H and O–H groups in total. The third kappa shape index (κ3) is 3.24. The van der Waals surface area contributed by atoms with Gasteiger partial charge in [-0.25, -0.2) is 8.70 Å². The van der Waals surface area contributed by atoms with Crippen LogP contribution in [0.25, 0.3) is 0 Å². The summed E-state index contributed by atoms with van der Waals surface area (Å²) in [6, 6.07) is 12.5. The maximum atomic E-state index is 13.1. The van der Waals surface area contributed by atoms with Gasteiger partial charge in [0, 0.05) is 51.5 Å². The number of hydrogen-bond donors (Lipinski definition) is 0. The predicted molar refractivity (Wildman–Crippen MR) is 113 cm³/mol. The van der Waals surface area contributed by atoms with E-state index in [0.717, 1.165) is 61.6 Å². The molecule has 0 saturated carbocycles. The zero-order valence-electron chi connectivity index (χ0n) is 16.3. The van der Waals surface area contributed by atoms with Gasteiger partial charge in [-0.05, 0) is 48.7 Å². The van der Waals surface area contributed by atoms with Gasteiger partial charge in [-0.15, -0.1) is 0 Å². The second-order valence-corrected chi connectivity index (χ2v) is 9.62. The fraction of sp³-hybridized carbons (Fsp3) is 0.429. The van der Waals surface area contributed by atoms with Crippen LogP contribution in [-0.2, 0) is 16.6 Å². The van der Waals surface area contributed by atoms with E-state index in [2.05, 4.69) is 9.80 Å². The lowest BCUT2D eigenvalue weighted by atomic mass is 10.0. The first-order valence-electron chi connectivity index (χ1n) is 10.2. The summed E-state index contributed by atoms with van der Waals surface area (Å²) in [4.78, 5) is 4.55. The van der Waals surface area contributed by atoms with Crippen LogP contribution in [0.4, 0.5) is 21.5 Å². The molecular formula is C21H25FN4O2S. The number of aryl methyl sites for hydroxylation is 1. The summed E-state index contributed by atoms with van der Waals surface area (Å²) in [6.07, 6.45) is 1.81. The minimum absolute atomic E-state index is 0.222. The van der Waals surface area contributed by atoms with Crippen molar-refractivity contribution in [3.05, 3.63) is 53.8 Å². The van der Waals surface area contributed by atoms with Gasteiger partial charge in [0.25, 0.3) is 0 Å². The lowest BCUT2D eigenvalue weighted by molar-refractivity contribution is 0.265. The van der Waals surface area contributed by atoms with Gasteiger partial charge < -0.3 is 4.90 Å². The molecule has 3 heterocycles. The van der Waals surface area contributed by atoms with Gasteiger partial charge in [0.1, 0.15) is 5.82 Å². The van der Waals surface area contributed by atoms with Crippen molar-refractivity contribution in [2.45, 2.75) is 12.8 Å². The maximum Gasteiger partial charge on any atom is 0.326 e. The highest BCUT2D eigenvalue weighted by molar-refractivity contribution is 7.94. The molecule has 154 valence electrons. The van der Waals surface area contributed by atoms with E-state index in [9.17, 15) is 12.8 Å². The van der Waals surface area contributed by atoms with E-state index in [1.54, 1.807) is 8.61 Å². The smallest absolute Gasteiger partial charge is 0.326 e. The fourth-order valence-electron chi connectivity index (χ4n) is 4.62. The van der Waals surface area contributed by atoms with E-state index in [1.165, 1.54) is 12.1 Å². The van der Waals surface area contributed by atoms with Crippen LogP contribution < -0.4 is 13.5 Å². The van der Waals surface area contributed by atoms with Crippen molar-refractivity contribution < 1.29 is 12.8 Å². The zero-order chi connectivity index (χ0) is 20.0. The zero-order valence-corrected chi connectivity index (χ0v) is 17.1. The number of para-hydroxylation sites is 1. The van der Waals surface area contributed by atoms with Crippen LogP contribution >= 0.6 is 0 Å². The van der Waals surface area contributed by atoms with Gasteiger partial charge in [-0.3, -0.25) is 9.21 Å². The van der Waals surface area contributed by atoms with Crippen molar-refractivity contribution in [1.82, 2.24) is 4.90 Å². The van der Waals surface area contributed by atoms with Crippen LogP contribution in [0.2, 0.25) is 0 Å². The second kappa shape index (κ2) is 7.18. The van der Waals surface area contributed by atoms with E-state index < -0.39 is 10.2 Å². The molecule has 3 aliphatic rings. The van der Waals surface area contributed by atoms with Crippen LogP contribution in [0.3, 0.4) is 0 Å². The molecule has 8 heteroatoms. The molecule has 29 heavy (non-hydrogen) atoms. The summed E-state index contributed by atoms with van der Waals surface area (Å²) in [5.41, 5.74) is 3.88. The highest BCUT2D eigenvalue weighted by atomic mass is 32.2. The molecule has 0 spiro atoms. The van der Waals surface area contributed by atoms with Crippen LogP contribution in [0, 0.1) is 5.82 Å². The Hall–Kier alpha value is -2.32. The lowest BCUT2D eigenvalue weighted by Crippen LogP contribution is -2.49. The number of benzene rings is 2. The topological polar surface area (TPSA) is 47.1 Å². The van der Waals surface area contributed by atoms with Crippen molar-refractivity contribution in [3.8, 4) is 0 Å². The SMILES string of the molecule is O=S1(=O)N(CCN2CCN(c3ccc(F)cc3)CC2)c2cccc3c2N1CCC3. The van der Waals surface area contributed by atoms with Gasteiger partial charge >= 0.3 is 10.2 Å². The normalized spacial score (nSPS) is 20.8. The predicted octanol–water partition coefficient (Wildman–Crippen LogP) is 2.47. The fourth-order valence-corrected chi connectivity index (χ4v) is 6.36. The van der Waals surface area contributed by atoms with Crippen molar-refractivity contribution >= 4 is 27.3 Å². The Morgan fingerprint density at radius 2 is 1.66 bits per heavy atom. The molecule has 2 aromatic rings. The molecule has 1 saturated heterocycles. The van der Waals surface area contributed by atoms with Crippen molar-refractivity contribution in [2.75, 3.05) is 59.3 Å². The Balaban J connectivity index is 1.25. The van der Waals surface area contributed by atoms with Gasteiger partial charge in [0.05, 0.1) is 11.4 Å². The number of hydrogen-bond acceptors (Lipinski definition) is 4. The average Bonchev–Trinajstić information content (AvgIpc) is 2.96. The van der Waals surface area contributed by atoms with Gasteiger partial charge in [0.2, 0.25) is 0 Å². The number of rotatable bonds is 4. The Kier molecular flexibility index (Phi) is 4.63. The van der Waals surface area contributed by atoms with Gasteiger partial charge in [0.15, 0.2) is 0 Å². The van der Waals surface area contributed by atoms with Crippen molar-refractivity contribution in [1.29, 1.82) is 0 Å². The Labute approximate surface area is 171 Å². The molecule has 6 nitrogen and oxygen atoms in total. The van der Waals surface area contributed by atoms with Crippen LogP contribution in [0.15, 0.2) is 42.5 Å². The Morgan fingerprint density at radius 1 is 0.897 bits per heavy atom. The molecule has 0 bridgehead atoms. The molecule has 2 aromatic carbocycles. The first kappa shape index (κ1) is 18.7. The molecule has 5 rings (SSSR count). The second-order valence-electron chi connectivity index (χ2n) is 7.85. The molecule has 0 aliphatic carbocycles. The standard InChI is InChI=1S/C21H25FN4O2S/c22-18-6-8-19(9-7-18)24-14-11-23(12-15-24)13-16-25-20-5-1-3-17-4-2-10-26(21(17)20)29(25,27)28/h1,3,5-9H,2,4,10-16H2. The number of anilines is 3. The van der Waals surface area contributed by atoms with Crippen LogP contribution in [0.1, 0.15) is 12.0 Å². The summed E-state index contributed by atoms with van der Waals surface area (Å²) in [5, 5.41) is 0. The van der Waals surface area contributed by atoms with Gasteiger partial charge in [-0.2, -0.15) is 8.42 Å². The molecule has 0 atom stereocenters. The number of nitrogens with zero attached hydrogens (tertiary/aromatic N) is 4. The number of piperazine rings is 1. The minimum atomic E-state index is -3.47. The summed E-state index contributed by atoms with van der Waals surface area (Å²) >= 11 is 0.